The number of phenolic OH excluding ortho intramolecular Hbond substituents is 1. The summed E-state index contributed by atoms with van der Waals surface area (Å²) in [5.41, 5.74) is 0.397. The van der Waals surface area contributed by atoms with Crippen LogP contribution in [0.1, 0.15) is 22.3 Å². The molecule has 0 saturated heterocycles. The molecule has 3 rings (SSSR count). The molecule has 0 saturated carbocycles. The number of para-hydroxylation sites is 1. The van der Waals surface area contributed by atoms with Crippen molar-refractivity contribution in [3.05, 3.63) is 52.8 Å². The van der Waals surface area contributed by atoms with Crippen LogP contribution in [0.2, 0.25) is 0 Å². The van der Waals surface area contributed by atoms with Crippen LogP contribution >= 0.6 is 0 Å². The van der Waals surface area contributed by atoms with Crippen molar-refractivity contribution in [2.24, 2.45) is 0 Å². The lowest BCUT2D eigenvalue weighted by Gasteiger charge is -2.20. The minimum absolute atomic E-state index is 0.302. The van der Waals surface area contributed by atoms with Crippen LogP contribution in [0.25, 0.3) is 0 Å². The standard InChI is InChI=1S/C16H12F3NO3/c17-10-7-9(12(18)14(21)13(10)19)16(22)20-11-5-1-3-8-4-2-6-23-15(8)11/h1,3,5,7,21H,2,4,6H2,(H,20,22). The number of rotatable bonds is 2. The van der Waals surface area contributed by atoms with Crippen LogP contribution in [0.4, 0.5) is 18.9 Å². The highest BCUT2D eigenvalue weighted by molar-refractivity contribution is 6.05. The van der Waals surface area contributed by atoms with Gasteiger partial charge >= 0.3 is 0 Å². The van der Waals surface area contributed by atoms with Gasteiger partial charge in [-0.3, -0.25) is 4.79 Å². The molecule has 1 aliphatic rings. The second-order valence-corrected chi connectivity index (χ2v) is 5.08. The third-order valence-electron chi connectivity index (χ3n) is 3.56. The Morgan fingerprint density at radius 2 is 2.00 bits per heavy atom. The molecule has 1 heterocycles. The SMILES string of the molecule is O=C(Nc1cccc2c1OCCC2)c1cc(F)c(F)c(O)c1F. The highest BCUT2D eigenvalue weighted by atomic mass is 19.2. The fourth-order valence-electron chi connectivity index (χ4n) is 2.43. The first-order valence-corrected chi connectivity index (χ1v) is 6.91. The second-order valence-electron chi connectivity index (χ2n) is 5.08. The van der Waals surface area contributed by atoms with Crippen LogP contribution in [0.5, 0.6) is 11.5 Å². The van der Waals surface area contributed by atoms with Gasteiger partial charge < -0.3 is 15.2 Å². The molecule has 0 radical (unpaired) electrons. The Morgan fingerprint density at radius 1 is 1.22 bits per heavy atom. The van der Waals surface area contributed by atoms with Gasteiger partial charge in [0.2, 0.25) is 5.82 Å². The number of hydrogen-bond acceptors (Lipinski definition) is 3. The van der Waals surface area contributed by atoms with E-state index in [0.29, 0.717) is 24.1 Å². The number of aromatic hydroxyl groups is 1. The van der Waals surface area contributed by atoms with Gasteiger partial charge in [-0.25, -0.2) is 8.78 Å². The van der Waals surface area contributed by atoms with Crippen LogP contribution < -0.4 is 10.1 Å². The molecule has 2 aromatic rings. The average Bonchev–Trinajstić information content (AvgIpc) is 2.56. The van der Waals surface area contributed by atoms with Gasteiger partial charge in [-0.2, -0.15) is 4.39 Å². The zero-order valence-corrected chi connectivity index (χ0v) is 11.8. The number of halogens is 3. The van der Waals surface area contributed by atoms with Crippen molar-refractivity contribution < 1.29 is 27.8 Å². The highest BCUT2D eigenvalue weighted by Gasteiger charge is 2.24. The third kappa shape index (κ3) is 2.69. The zero-order chi connectivity index (χ0) is 16.6. The first-order chi connectivity index (χ1) is 11.0. The summed E-state index contributed by atoms with van der Waals surface area (Å²) in [5, 5.41) is 11.6. The summed E-state index contributed by atoms with van der Waals surface area (Å²) in [6, 6.07) is 5.49. The van der Waals surface area contributed by atoms with E-state index in [1.165, 1.54) is 0 Å². The summed E-state index contributed by atoms with van der Waals surface area (Å²) in [7, 11) is 0. The van der Waals surface area contributed by atoms with Crippen molar-refractivity contribution in [3.63, 3.8) is 0 Å². The maximum atomic E-state index is 13.8. The van der Waals surface area contributed by atoms with Crippen LogP contribution in [-0.2, 0) is 6.42 Å². The normalized spacial score (nSPS) is 13.2. The smallest absolute Gasteiger partial charge is 0.258 e. The van der Waals surface area contributed by atoms with Crippen LogP contribution in [0.15, 0.2) is 24.3 Å². The van der Waals surface area contributed by atoms with Crippen LogP contribution in [-0.4, -0.2) is 17.6 Å². The van der Waals surface area contributed by atoms with Gasteiger partial charge in [0.25, 0.3) is 5.91 Å². The molecule has 1 amide bonds. The van der Waals surface area contributed by atoms with E-state index in [2.05, 4.69) is 5.32 Å². The van der Waals surface area contributed by atoms with Gasteiger partial charge in [0.05, 0.1) is 17.9 Å². The van der Waals surface area contributed by atoms with Crippen molar-refractivity contribution >= 4 is 11.6 Å². The monoisotopic (exact) mass is 323 g/mol. The maximum absolute atomic E-state index is 13.8. The summed E-state index contributed by atoms with van der Waals surface area (Å²) >= 11 is 0. The summed E-state index contributed by atoms with van der Waals surface area (Å²) in [5.74, 6) is -6.84. The van der Waals surface area contributed by atoms with E-state index in [1.54, 1.807) is 12.1 Å². The Hall–Kier alpha value is -2.70. The third-order valence-corrected chi connectivity index (χ3v) is 3.56. The van der Waals surface area contributed by atoms with Gasteiger partial charge in [0.15, 0.2) is 17.4 Å². The van der Waals surface area contributed by atoms with E-state index in [4.69, 9.17) is 4.74 Å². The first kappa shape index (κ1) is 15.2. The number of anilines is 1. The Balaban J connectivity index is 1.95. The molecule has 0 fully saturated rings. The van der Waals surface area contributed by atoms with Gasteiger partial charge in [-0.05, 0) is 30.5 Å². The van der Waals surface area contributed by atoms with E-state index in [9.17, 15) is 23.1 Å². The average molecular weight is 323 g/mol. The maximum Gasteiger partial charge on any atom is 0.258 e. The number of benzene rings is 2. The molecule has 0 aliphatic carbocycles. The van der Waals surface area contributed by atoms with Crippen LogP contribution in [0.3, 0.4) is 0 Å². The Bertz CT molecular complexity index is 793. The lowest BCUT2D eigenvalue weighted by atomic mass is 10.0. The molecule has 2 N–H and O–H groups in total. The molecular weight excluding hydrogens is 311 g/mol. The number of phenols is 1. The molecule has 2 aromatic carbocycles. The number of aryl methyl sites for hydroxylation is 1. The summed E-state index contributed by atoms with van der Waals surface area (Å²) in [6.45, 7) is 0.486. The minimum atomic E-state index is -1.74. The number of ether oxygens (including phenoxy) is 1. The molecular formula is C16H12F3NO3. The van der Waals surface area contributed by atoms with Crippen molar-refractivity contribution in [1.29, 1.82) is 0 Å². The van der Waals surface area contributed by atoms with E-state index in [1.807, 2.05) is 6.07 Å². The highest BCUT2D eigenvalue weighted by Crippen LogP contribution is 2.34. The number of carbonyl (C=O) groups is 1. The quantitative estimate of drug-likeness (QED) is 0.833. The Kier molecular flexibility index (Phi) is 3.85. The van der Waals surface area contributed by atoms with Crippen molar-refractivity contribution in [3.8, 4) is 11.5 Å². The summed E-state index contributed by atoms with van der Waals surface area (Å²) in [4.78, 5) is 12.1. The zero-order valence-electron chi connectivity index (χ0n) is 11.8. The largest absolute Gasteiger partial charge is 0.503 e. The molecule has 0 atom stereocenters. The van der Waals surface area contributed by atoms with Gasteiger partial charge in [-0.1, -0.05) is 12.1 Å². The molecule has 23 heavy (non-hydrogen) atoms. The van der Waals surface area contributed by atoms with E-state index < -0.39 is 34.7 Å². The van der Waals surface area contributed by atoms with Gasteiger partial charge in [0, 0.05) is 0 Å². The molecule has 7 heteroatoms. The lowest BCUT2D eigenvalue weighted by molar-refractivity contribution is 0.102. The number of amides is 1. The Morgan fingerprint density at radius 3 is 2.78 bits per heavy atom. The van der Waals surface area contributed by atoms with Crippen molar-refractivity contribution in [2.75, 3.05) is 11.9 Å². The molecule has 4 nitrogen and oxygen atoms in total. The topological polar surface area (TPSA) is 58.6 Å². The second kappa shape index (κ2) is 5.83. The van der Waals surface area contributed by atoms with Crippen LogP contribution in [0, 0.1) is 17.5 Å². The van der Waals surface area contributed by atoms with Crippen molar-refractivity contribution in [2.45, 2.75) is 12.8 Å². The fourth-order valence-corrected chi connectivity index (χ4v) is 2.43. The fraction of sp³-hybridized carbons (Fsp3) is 0.188. The van der Waals surface area contributed by atoms with Crippen molar-refractivity contribution in [1.82, 2.24) is 0 Å². The number of hydrogen-bond donors (Lipinski definition) is 2. The first-order valence-electron chi connectivity index (χ1n) is 6.91. The molecule has 0 unspecified atom stereocenters. The van der Waals surface area contributed by atoms with E-state index in [0.717, 1.165) is 18.4 Å². The molecule has 1 aliphatic heterocycles. The number of fused-ring (bicyclic) bond motifs is 1. The molecule has 0 aromatic heterocycles. The number of nitrogens with one attached hydrogen (secondary N) is 1. The van der Waals surface area contributed by atoms with E-state index in [-0.39, 0.29) is 0 Å². The minimum Gasteiger partial charge on any atom is -0.503 e. The van der Waals surface area contributed by atoms with Gasteiger partial charge in [0.1, 0.15) is 5.75 Å². The predicted molar refractivity (Wildman–Crippen MR) is 76.2 cm³/mol. The van der Waals surface area contributed by atoms with E-state index >= 15 is 0 Å². The Labute approximate surface area is 129 Å². The van der Waals surface area contributed by atoms with Gasteiger partial charge in [-0.15, -0.1) is 0 Å². The lowest BCUT2D eigenvalue weighted by Crippen LogP contribution is -2.17. The summed E-state index contributed by atoms with van der Waals surface area (Å²) in [6.07, 6.45) is 1.62. The predicted octanol–water partition coefficient (Wildman–Crippen LogP) is 3.39. The molecule has 0 bridgehead atoms. The summed E-state index contributed by atoms with van der Waals surface area (Å²) < 4.78 is 45.6. The molecule has 0 spiro atoms. The number of carbonyl (C=O) groups excluding carboxylic acids is 1. The molecule has 120 valence electrons.